The summed E-state index contributed by atoms with van der Waals surface area (Å²) >= 11 is 0. The van der Waals surface area contributed by atoms with Gasteiger partial charge < -0.3 is 28.1 Å². The first-order valence-electron chi connectivity index (χ1n) is 13.8. The summed E-state index contributed by atoms with van der Waals surface area (Å²) in [6.45, 7) is 12.4. The number of carbonyl (C=O) groups excluding carboxylic acids is 4. The van der Waals surface area contributed by atoms with Crippen molar-refractivity contribution in [2.45, 2.75) is 96.9 Å². The van der Waals surface area contributed by atoms with E-state index in [1.807, 2.05) is 40.7 Å². The van der Waals surface area contributed by atoms with E-state index in [9.17, 15) is 19.2 Å². The summed E-state index contributed by atoms with van der Waals surface area (Å²) in [4.78, 5) is 51.5. The molecule has 216 valence electrons. The fourth-order valence-corrected chi connectivity index (χ4v) is 9.57. The Hall–Kier alpha value is -3.14. The van der Waals surface area contributed by atoms with Crippen molar-refractivity contribution >= 4 is 23.9 Å². The second kappa shape index (κ2) is 8.21. The first kappa shape index (κ1) is 27.1. The van der Waals surface area contributed by atoms with E-state index in [1.54, 1.807) is 6.07 Å². The minimum atomic E-state index is -1.12. The number of rotatable bonds is 3. The van der Waals surface area contributed by atoms with E-state index in [1.165, 1.54) is 32.4 Å². The van der Waals surface area contributed by atoms with Gasteiger partial charge in [-0.25, -0.2) is 9.59 Å². The minimum absolute atomic E-state index is 0.296. The van der Waals surface area contributed by atoms with Crippen LogP contribution in [0.1, 0.15) is 73.0 Å². The van der Waals surface area contributed by atoms with Crippen LogP contribution >= 0.6 is 0 Å². The first-order chi connectivity index (χ1) is 18.6. The van der Waals surface area contributed by atoms with Crippen molar-refractivity contribution in [3.8, 4) is 0 Å². The molecule has 2 aliphatic carbocycles. The summed E-state index contributed by atoms with van der Waals surface area (Å²) < 4.78 is 36.0. The topological polar surface area (TPSA) is 131 Å². The Morgan fingerprint density at radius 1 is 1.00 bits per heavy atom. The second-order valence-electron chi connectivity index (χ2n) is 13.2. The third kappa shape index (κ3) is 3.25. The van der Waals surface area contributed by atoms with Crippen LogP contribution in [0, 0.1) is 28.1 Å². The largest absolute Gasteiger partial charge is 0.472 e. The van der Waals surface area contributed by atoms with Gasteiger partial charge in [0.05, 0.1) is 12.5 Å². The van der Waals surface area contributed by atoms with Crippen molar-refractivity contribution in [2.75, 3.05) is 0 Å². The molecule has 0 N–H and O–H groups in total. The van der Waals surface area contributed by atoms with E-state index in [2.05, 4.69) is 0 Å². The van der Waals surface area contributed by atoms with Crippen molar-refractivity contribution in [3.05, 3.63) is 36.3 Å². The van der Waals surface area contributed by atoms with Gasteiger partial charge in [0.25, 0.3) is 0 Å². The van der Waals surface area contributed by atoms with Crippen molar-refractivity contribution in [1.82, 2.24) is 0 Å². The van der Waals surface area contributed by atoms with Crippen LogP contribution in [0.2, 0.25) is 0 Å². The monoisotopic (exact) mass is 556 g/mol. The van der Waals surface area contributed by atoms with E-state index in [0.29, 0.717) is 18.4 Å². The van der Waals surface area contributed by atoms with Crippen LogP contribution in [0.25, 0.3) is 0 Å². The average Bonchev–Trinajstić information content (AvgIpc) is 3.43. The number of hydrogen-bond donors (Lipinski definition) is 0. The van der Waals surface area contributed by atoms with Gasteiger partial charge in [0.15, 0.2) is 6.10 Å². The number of allylic oxidation sites excluding steroid dienone is 1. The lowest BCUT2D eigenvalue weighted by Gasteiger charge is -2.68. The van der Waals surface area contributed by atoms with Gasteiger partial charge in [-0.2, -0.15) is 0 Å². The molecule has 40 heavy (non-hydrogen) atoms. The molecule has 0 bridgehead atoms. The van der Waals surface area contributed by atoms with Gasteiger partial charge in [0.1, 0.15) is 29.5 Å². The highest BCUT2D eigenvalue weighted by Crippen LogP contribution is 2.79. The maximum atomic E-state index is 13.5. The number of carbonyl (C=O) groups is 4. The molecule has 10 atom stereocenters. The lowest BCUT2D eigenvalue weighted by atomic mass is 9.36. The zero-order valence-electron chi connectivity index (χ0n) is 23.8. The van der Waals surface area contributed by atoms with Crippen LogP contribution in [-0.4, -0.2) is 53.4 Å². The average molecular weight is 557 g/mol. The van der Waals surface area contributed by atoms with Gasteiger partial charge in [-0.3, -0.25) is 9.59 Å². The Labute approximate surface area is 232 Å². The summed E-state index contributed by atoms with van der Waals surface area (Å²) in [7, 11) is 0. The van der Waals surface area contributed by atoms with Crippen LogP contribution in [0.15, 0.2) is 35.2 Å². The summed E-state index contributed by atoms with van der Waals surface area (Å²) in [5.41, 5.74) is -4.12. The second-order valence-corrected chi connectivity index (χ2v) is 13.2. The van der Waals surface area contributed by atoms with Gasteiger partial charge in [0.2, 0.25) is 0 Å². The molecule has 5 aliphatic rings. The summed E-state index contributed by atoms with van der Waals surface area (Å²) in [6, 6.07) is 1.75. The molecule has 2 saturated heterocycles. The van der Waals surface area contributed by atoms with E-state index >= 15 is 0 Å². The lowest BCUT2D eigenvalue weighted by molar-refractivity contribution is -0.284. The standard InChI is InChI=1S/C30H36O10/c1-15(31)36-18-13-28(6)23(17-9-11-35-14-17)38-25(34)24-30(28,40-24)29(7)20(37-16(2)32)12-19-26(3,4)39-21(33)8-10-27(19,5)22(18)29/h8-11,14,18-20,22-24H,12-13H2,1-7H3/t18-,19-,20+,22?,23-,24+,27-,28-,29+,30+/m0/s1. The highest BCUT2D eigenvalue weighted by atomic mass is 16.7. The predicted octanol–water partition coefficient (Wildman–Crippen LogP) is 3.83. The summed E-state index contributed by atoms with van der Waals surface area (Å²) in [6.07, 6.45) is 3.85. The van der Waals surface area contributed by atoms with Crippen LogP contribution in [0.3, 0.4) is 0 Å². The minimum Gasteiger partial charge on any atom is -0.472 e. The quantitative estimate of drug-likeness (QED) is 0.307. The number of furan rings is 1. The number of ether oxygens (including phenoxy) is 5. The molecule has 0 aromatic carbocycles. The molecule has 4 heterocycles. The van der Waals surface area contributed by atoms with Crippen LogP contribution in [-0.2, 0) is 42.9 Å². The number of epoxide rings is 1. The first-order valence-corrected chi connectivity index (χ1v) is 13.8. The van der Waals surface area contributed by atoms with Crippen molar-refractivity contribution in [3.63, 3.8) is 0 Å². The predicted molar refractivity (Wildman–Crippen MR) is 136 cm³/mol. The molecule has 3 aliphatic heterocycles. The van der Waals surface area contributed by atoms with E-state index in [4.69, 9.17) is 28.1 Å². The van der Waals surface area contributed by atoms with Gasteiger partial charge >= 0.3 is 23.9 Å². The van der Waals surface area contributed by atoms with Crippen LogP contribution < -0.4 is 0 Å². The Bertz CT molecular complexity index is 1310. The highest BCUT2D eigenvalue weighted by Gasteiger charge is 2.90. The highest BCUT2D eigenvalue weighted by molar-refractivity contribution is 5.84. The van der Waals surface area contributed by atoms with Gasteiger partial charge in [-0.05, 0) is 38.2 Å². The molecular formula is C30H36O10. The number of hydrogen-bond acceptors (Lipinski definition) is 10. The zero-order valence-corrected chi connectivity index (χ0v) is 23.8. The third-order valence-electron chi connectivity index (χ3n) is 10.7. The molecule has 1 unspecified atom stereocenters. The Morgan fingerprint density at radius 3 is 2.33 bits per heavy atom. The van der Waals surface area contributed by atoms with Crippen molar-refractivity contribution in [1.29, 1.82) is 0 Å². The zero-order chi connectivity index (χ0) is 29.0. The molecule has 1 spiro atoms. The smallest absolute Gasteiger partial charge is 0.339 e. The van der Waals surface area contributed by atoms with Crippen molar-refractivity contribution in [2.24, 2.45) is 28.1 Å². The van der Waals surface area contributed by atoms with E-state index in [0.717, 1.165) is 0 Å². The molecular weight excluding hydrogens is 520 g/mol. The molecule has 1 aromatic rings. The maximum absolute atomic E-state index is 13.5. The SMILES string of the molecule is CC(=O)O[C@H]1C[C@@]2(C)[C@H](c3ccoc3)OC(=O)[C@H]3O[C@]32[C@@]2(C)C1[C@@]1(C)C=CC(=O)OC(C)(C)[C@@H]1C[C@H]2OC(C)=O. The van der Waals surface area contributed by atoms with Crippen LogP contribution in [0.4, 0.5) is 0 Å². The number of fused-ring (bicyclic) bond motifs is 3. The number of cyclic esters (lactones) is 2. The molecule has 4 fully saturated rings. The molecule has 1 aromatic heterocycles. The molecule has 2 saturated carbocycles. The van der Waals surface area contributed by atoms with Gasteiger partial charge in [-0.15, -0.1) is 0 Å². The van der Waals surface area contributed by atoms with E-state index < -0.39 is 81.7 Å². The van der Waals surface area contributed by atoms with Gasteiger partial charge in [0, 0.05) is 48.2 Å². The molecule has 6 rings (SSSR count). The Morgan fingerprint density at radius 2 is 1.70 bits per heavy atom. The van der Waals surface area contributed by atoms with Gasteiger partial charge in [-0.1, -0.05) is 26.8 Å². The summed E-state index contributed by atoms with van der Waals surface area (Å²) in [5, 5.41) is 0. The molecule has 10 heteroatoms. The fourth-order valence-electron chi connectivity index (χ4n) is 9.57. The maximum Gasteiger partial charge on any atom is 0.339 e. The fraction of sp³-hybridized carbons (Fsp3) is 0.667. The lowest BCUT2D eigenvalue weighted by Crippen LogP contribution is -2.75. The number of esters is 4. The Kier molecular flexibility index (Phi) is 5.55. The molecule has 10 nitrogen and oxygen atoms in total. The van der Waals surface area contributed by atoms with Crippen LogP contribution in [0.5, 0.6) is 0 Å². The summed E-state index contributed by atoms with van der Waals surface area (Å²) in [5.74, 6) is -2.77. The van der Waals surface area contributed by atoms with E-state index in [-0.39, 0.29) is 5.92 Å². The van der Waals surface area contributed by atoms with Crippen molar-refractivity contribution < 1.29 is 47.3 Å². The molecule has 0 radical (unpaired) electrons. The third-order valence-corrected chi connectivity index (χ3v) is 10.7. The normalized spacial score (nSPS) is 46.3. The molecule has 0 amide bonds. The Balaban J connectivity index is 1.63.